The molecule has 5 amide bonds. The van der Waals surface area contributed by atoms with Crippen LogP contribution in [0, 0.1) is 23.2 Å². The number of ketones is 1. The molecule has 2 aliphatic heterocycles. The summed E-state index contributed by atoms with van der Waals surface area (Å²) in [6.07, 6.45) is 6.93. The maximum absolute atomic E-state index is 14.5. The molecule has 0 bridgehead atoms. The van der Waals surface area contributed by atoms with Gasteiger partial charge in [-0.05, 0) is 37.0 Å². The molecule has 2 saturated carbocycles. The van der Waals surface area contributed by atoms with Gasteiger partial charge in [-0.25, -0.2) is 4.79 Å². The van der Waals surface area contributed by atoms with Crippen LogP contribution >= 0.6 is 23.2 Å². The highest BCUT2D eigenvalue weighted by Gasteiger charge is 2.74. The van der Waals surface area contributed by atoms with Crippen molar-refractivity contribution in [2.45, 2.75) is 108 Å². The Bertz CT molecular complexity index is 1450. The first-order valence-electron chi connectivity index (χ1n) is 18.1. The van der Waals surface area contributed by atoms with Crippen molar-refractivity contribution >= 4 is 62.9 Å². The van der Waals surface area contributed by atoms with Gasteiger partial charge in [-0.3, -0.25) is 19.2 Å². The van der Waals surface area contributed by atoms with Gasteiger partial charge in [-0.1, -0.05) is 59.5 Å². The van der Waals surface area contributed by atoms with Crippen molar-refractivity contribution < 1.29 is 32.4 Å². The molecule has 1 unspecified atom stereocenters. The number of hydrogen-bond donors (Lipinski definition) is 4. The van der Waals surface area contributed by atoms with Gasteiger partial charge in [0.2, 0.25) is 17.6 Å². The van der Waals surface area contributed by atoms with Gasteiger partial charge in [-0.2, -0.15) is 17.0 Å². The highest BCUT2D eigenvalue weighted by atomic mass is 35.5. The van der Waals surface area contributed by atoms with Crippen LogP contribution in [-0.4, -0.2) is 120 Å². The van der Waals surface area contributed by atoms with Crippen molar-refractivity contribution in [2.24, 2.45) is 23.2 Å². The number of rotatable bonds is 14. The number of alkyl halides is 2. The number of nitrogens with one attached hydrogen (secondary N) is 4. The summed E-state index contributed by atoms with van der Waals surface area (Å²) in [4.78, 5) is 69.2. The number of piperidine rings is 1. The number of likely N-dealkylation sites (tertiary alicyclic amines) is 1. The second-order valence-electron chi connectivity index (χ2n) is 15.4. The van der Waals surface area contributed by atoms with Crippen molar-refractivity contribution in [3.8, 4) is 0 Å². The van der Waals surface area contributed by atoms with Gasteiger partial charge in [0, 0.05) is 57.6 Å². The summed E-state index contributed by atoms with van der Waals surface area (Å²) >= 11 is 13.2. The minimum Gasteiger partial charge on any atom is -0.346 e. The standard InChI is InChI=1S/C34H55Cl2N7O7S/c1-7-13-23(28(44)30(46)37-16-8-2)38-29(45)27-25-22(34(25,35)36)19-43(27)31(47)26(21-14-10-9-11-15-21)40-32(48)39-24(33(3,4)5)20-42-18-12-17-41(6)51(42,49)50/h8,21-27H,2,7,9-20H2,1,3-6H3,(H,37,46)(H,38,45)(H2,39,40,48)/t22-,23?,24+,25-,26-,27-/m0/s1. The number of carbonyl (C=O) groups is 5. The fourth-order valence-electron chi connectivity index (χ4n) is 7.55. The molecule has 17 heteroatoms. The maximum atomic E-state index is 14.5. The highest BCUT2D eigenvalue weighted by molar-refractivity contribution is 7.86. The third-order valence-corrected chi connectivity index (χ3v) is 13.8. The van der Waals surface area contributed by atoms with Crippen molar-refractivity contribution in [1.82, 2.24) is 34.8 Å². The summed E-state index contributed by atoms with van der Waals surface area (Å²) in [5, 5.41) is 11.0. The number of urea groups is 1. The molecule has 4 rings (SSSR count). The van der Waals surface area contributed by atoms with Crippen LogP contribution in [0.25, 0.3) is 0 Å². The van der Waals surface area contributed by atoms with Gasteiger partial charge in [0.15, 0.2) is 0 Å². The molecule has 0 aromatic carbocycles. The number of fused-ring (bicyclic) bond motifs is 1. The van der Waals surface area contributed by atoms with E-state index in [0.29, 0.717) is 38.8 Å². The number of Topliss-reactive ketones (excluding diaryl/α,β-unsaturated/α-hetero) is 1. The number of carbonyl (C=O) groups excluding carboxylic acids is 5. The van der Waals surface area contributed by atoms with Crippen molar-refractivity contribution in [1.29, 1.82) is 0 Å². The molecule has 2 heterocycles. The zero-order valence-corrected chi connectivity index (χ0v) is 32.7. The van der Waals surface area contributed by atoms with Crippen LogP contribution in [0.15, 0.2) is 12.7 Å². The minimum atomic E-state index is -3.68. The van der Waals surface area contributed by atoms with Gasteiger partial charge in [0.05, 0.1) is 6.04 Å². The van der Waals surface area contributed by atoms with Crippen molar-refractivity contribution in [2.75, 3.05) is 39.8 Å². The molecule has 6 atom stereocenters. The van der Waals surface area contributed by atoms with E-state index in [1.54, 1.807) is 0 Å². The summed E-state index contributed by atoms with van der Waals surface area (Å²) in [6, 6.07) is -4.45. The zero-order chi connectivity index (χ0) is 37.9. The molecule has 0 aromatic rings. The van der Waals surface area contributed by atoms with Crippen LogP contribution in [0.2, 0.25) is 0 Å². The van der Waals surface area contributed by atoms with E-state index in [9.17, 15) is 32.4 Å². The fourth-order valence-corrected chi connectivity index (χ4v) is 9.83. The Labute approximate surface area is 312 Å². The van der Waals surface area contributed by atoms with E-state index < -0.39 is 85.5 Å². The average molecular weight is 777 g/mol. The Kier molecular flexibility index (Phi) is 13.5. The van der Waals surface area contributed by atoms with E-state index >= 15 is 0 Å². The van der Waals surface area contributed by atoms with E-state index in [1.807, 2.05) is 27.7 Å². The van der Waals surface area contributed by atoms with Gasteiger partial charge in [-0.15, -0.1) is 29.8 Å². The van der Waals surface area contributed by atoms with Crippen molar-refractivity contribution in [3.05, 3.63) is 12.7 Å². The Morgan fingerprint density at radius 3 is 2.27 bits per heavy atom. The first kappa shape index (κ1) is 41.3. The highest BCUT2D eigenvalue weighted by Crippen LogP contribution is 2.65. The maximum Gasteiger partial charge on any atom is 0.315 e. The summed E-state index contributed by atoms with van der Waals surface area (Å²) in [5.74, 6) is -3.97. The number of halogens is 2. The topological polar surface area (TPSA) is 177 Å². The fraction of sp³-hybridized carbons (Fsp3) is 0.794. The van der Waals surface area contributed by atoms with E-state index in [-0.39, 0.29) is 32.0 Å². The van der Waals surface area contributed by atoms with Crippen LogP contribution in [0.4, 0.5) is 4.79 Å². The largest absolute Gasteiger partial charge is 0.346 e. The molecule has 14 nitrogen and oxygen atoms in total. The predicted molar refractivity (Wildman–Crippen MR) is 195 cm³/mol. The predicted octanol–water partition coefficient (Wildman–Crippen LogP) is 2.32. The molecule has 51 heavy (non-hydrogen) atoms. The molecule has 4 aliphatic rings. The minimum absolute atomic E-state index is 0.0557. The Morgan fingerprint density at radius 2 is 1.67 bits per heavy atom. The SMILES string of the molecule is C=CCNC(=O)C(=O)C(CCC)NC(=O)[C@@H]1[C@@H]2[C@H](CN1C(=O)[C@@H](NC(=O)N[C@H](CN1CCCN(C)S1(=O)=O)C(C)(C)C)C1CCCCC1)C2(Cl)Cl. The van der Waals surface area contributed by atoms with E-state index in [0.717, 1.165) is 19.3 Å². The number of nitrogens with zero attached hydrogens (tertiary/aromatic N) is 3. The normalized spacial score (nSPS) is 26.6. The third kappa shape index (κ3) is 9.38. The van der Waals surface area contributed by atoms with E-state index in [4.69, 9.17) is 23.2 Å². The van der Waals surface area contributed by atoms with Crippen LogP contribution < -0.4 is 21.3 Å². The molecule has 0 aromatic heterocycles. The molecule has 4 N–H and O–H groups in total. The van der Waals surface area contributed by atoms with Gasteiger partial charge in [0.1, 0.15) is 16.4 Å². The lowest BCUT2D eigenvalue weighted by molar-refractivity contribution is -0.144. The quantitative estimate of drug-likeness (QED) is 0.119. The summed E-state index contributed by atoms with van der Waals surface area (Å²) in [6.45, 7) is 12.1. The molecule has 2 aliphatic carbocycles. The van der Waals surface area contributed by atoms with E-state index in [2.05, 4.69) is 27.8 Å². The summed E-state index contributed by atoms with van der Waals surface area (Å²) < 4.78 is 27.5. The Morgan fingerprint density at radius 1 is 1.00 bits per heavy atom. The molecule has 4 fully saturated rings. The zero-order valence-electron chi connectivity index (χ0n) is 30.4. The molecule has 288 valence electrons. The molecular weight excluding hydrogens is 721 g/mol. The summed E-state index contributed by atoms with van der Waals surface area (Å²) in [7, 11) is -2.15. The van der Waals surface area contributed by atoms with Gasteiger partial charge in [0.25, 0.3) is 16.1 Å². The average Bonchev–Trinajstić information content (AvgIpc) is 3.37. The van der Waals surface area contributed by atoms with Crippen molar-refractivity contribution in [3.63, 3.8) is 0 Å². The Hall–Kier alpha value is -2.46. The van der Waals surface area contributed by atoms with E-state index in [1.165, 1.54) is 26.6 Å². The smallest absolute Gasteiger partial charge is 0.315 e. The van der Waals surface area contributed by atoms with Crippen LogP contribution in [0.3, 0.4) is 0 Å². The van der Waals surface area contributed by atoms with Gasteiger partial charge >= 0.3 is 6.03 Å². The molecule has 0 radical (unpaired) electrons. The molecule has 0 spiro atoms. The Balaban J connectivity index is 1.55. The second-order valence-corrected chi connectivity index (χ2v) is 18.9. The van der Waals surface area contributed by atoms with Crippen LogP contribution in [0.1, 0.15) is 79.1 Å². The lowest BCUT2D eigenvalue weighted by atomic mass is 9.83. The van der Waals surface area contributed by atoms with Crippen LogP contribution in [0.5, 0.6) is 0 Å². The second kappa shape index (κ2) is 16.7. The lowest BCUT2D eigenvalue weighted by Gasteiger charge is -2.40. The first-order chi connectivity index (χ1) is 23.9. The number of hydrogen-bond acceptors (Lipinski definition) is 7. The van der Waals surface area contributed by atoms with Gasteiger partial charge < -0.3 is 26.2 Å². The number of amides is 5. The molecule has 2 saturated heterocycles. The van der Waals surface area contributed by atoms with Crippen LogP contribution in [-0.2, 0) is 29.4 Å². The lowest BCUT2D eigenvalue weighted by Crippen LogP contribution is -2.62. The first-order valence-corrected chi connectivity index (χ1v) is 20.2. The third-order valence-electron chi connectivity index (χ3n) is 10.7. The summed E-state index contributed by atoms with van der Waals surface area (Å²) in [5.41, 5.74) is -0.536. The monoisotopic (exact) mass is 775 g/mol. The molecular formula is C34H55Cl2N7O7S.